The van der Waals surface area contributed by atoms with Crippen molar-refractivity contribution in [3.63, 3.8) is 0 Å². The van der Waals surface area contributed by atoms with Gasteiger partial charge in [-0.15, -0.1) is 0 Å². The van der Waals surface area contributed by atoms with Gasteiger partial charge in [0.2, 0.25) is 21.9 Å². The quantitative estimate of drug-likeness (QED) is 0.275. The summed E-state index contributed by atoms with van der Waals surface area (Å²) in [7, 11) is -3.66. The molecular formula is C27H29F2N7O3S. The molecule has 0 aliphatic carbocycles. The molecule has 40 heavy (non-hydrogen) atoms. The molecule has 2 aromatic carbocycles. The Balaban J connectivity index is 1.46. The monoisotopic (exact) mass is 569 g/mol. The molecule has 210 valence electrons. The van der Waals surface area contributed by atoms with Crippen molar-refractivity contribution >= 4 is 26.7 Å². The van der Waals surface area contributed by atoms with Crippen LogP contribution in [0.15, 0.2) is 49.1 Å². The highest BCUT2D eigenvalue weighted by Gasteiger charge is 2.22. The summed E-state index contributed by atoms with van der Waals surface area (Å²) in [5.41, 5.74) is 2.18. The summed E-state index contributed by atoms with van der Waals surface area (Å²) in [4.78, 5) is 17.3. The van der Waals surface area contributed by atoms with E-state index in [9.17, 15) is 17.2 Å². The van der Waals surface area contributed by atoms with Gasteiger partial charge in [0.05, 0.1) is 17.0 Å². The summed E-state index contributed by atoms with van der Waals surface area (Å²) >= 11 is 0. The van der Waals surface area contributed by atoms with Gasteiger partial charge >= 0.3 is 0 Å². The number of anilines is 1. The van der Waals surface area contributed by atoms with Crippen molar-refractivity contribution in [1.82, 2.24) is 25.3 Å². The van der Waals surface area contributed by atoms with Crippen molar-refractivity contribution < 1.29 is 21.9 Å². The molecule has 4 aromatic rings. The van der Waals surface area contributed by atoms with E-state index < -0.39 is 22.0 Å². The molecule has 1 aliphatic heterocycles. The second-order valence-electron chi connectivity index (χ2n) is 9.74. The highest BCUT2D eigenvalue weighted by Crippen LogP contribution is 2.38. The highest BCUT2D eigenvalue weighted by molar-refractivity contribution is 7.89. The number of aryl methyl sites for hydroxylation is 2. The van der Waals surface area contributed by atoms with Gasteiger partial charge in [-0.25, -0.2) is 42.3 Å². The van der Waals surface area contributed by atoms with E-state index in [0.29, 0.717) is 58.8 Å². The zero-order valence-electron chi connectivity index (χ0n) is 21.8. The lowest BCUT2D eigenvalue weighted by atomic mass is 9.98. The van der Waals surface area contributed by atoms with Gasteiger partial charge < -0.3 is 15.4 Å². The Morgan fingerprint density at radius 1 is 1.15 bits per heavy atom. The maximum absolute atomic E-state index is 14.8. The van der Waals surface area contributed by atoms with E-state index in [2.05, 4.69) is 30.6 Å². The summed E-state index contributed by atoms with van der Waals surface area (Å²) in [6.07, 6.45) is 4.31. The molecule has 3 heterocycles. The number of nitrogens with two attached hydrogens (primary N) is 1. The standard InChI is InChI=1S/C27H29F2N7O3S/c1-16-4-5-19-20(3-2-10-40(30,37)38)23(29)7-6-21(19)25(16)39-26-22(14-32-15-34-26)24-8-9-33-27(36-24)35-18-11-17(28)12-31-13-18/h4-9,14-15,17-18,31H,2-3,10-13H2,1H3,(H2,30,37,38)(H,33,35,36)/t17-,18-/m0/s1. The Morgan fingerprint density at radius 2 is 1.98 bits per heavy atom. The first kappa shape index (κ1) is 27.7. The minimum atomic E-state index is -3.66. The first-order valence-electron chi connectivity index (χ1n) is 12.8. The summed E-state index contributed by atoms with van der Waals surface area (Å²) in [5.74, 6) is 0.365. The molecule has 1 fully saturated rings. The molecule has 4 N–H and O–H groups in total. The van der Waals surface area contributed by atoms with Crippen LogP contribution in [0.2, 0.25) is 0 Å². The fourth-order valence-corrected chi connectivity index (χ4v) is 5.34. The fraction of sp³-hybridized carbons (Fsp3) is 0.333. The first-order chi connectivity index (χ1) is 19.2. The van der Waals surface area contributed by atoms with E-state index in [1.807, 2.05) is 13.0 Å². The summed E-state index contributed by atoms with van der Waals surface area (Å²) in [6.45, 7) is 2.79. The third-order valence-electron chi connectivity index (χ3n) is 6.69. The van der Waals surface area contributed by atoms with Gasteiger partial charge in [-0.05, 0) is 54.5 Å². The normalized spacial score (nSPS) is 17.6. The van der Waals surface area contributed by atoms with Crippen LogP contribution in [0.1, 0.15) is 24.0 Å². The summed E-state index contributed by atoms with van der Waals surface area (Å²) in [5, 5.41) is 12.6. The van der Waals surface area contributed by atoms with Crippen LogP contribution in [0.5, 0.6) is 11.6 Å². The number of fused-ring (bicyclic) bond motifs is 1. The number of aromatic nitrogens is 4. The highest BCUT2D eigenvalue weighted by atomic mass is 32.2. The minimum absolute atomic E-state index is 0.153. The van der Waals surface area contributed by atoms with Crippen LogP contribution in [0.3, 0.4) is 0 Å². The third-order valence-corrected chi connectivity index (χ3v) is 7.55. The van der Waals surface area contributed by atoms with Crippen LogP contribution in [0.25, 0.3) is 22.0 Å². The number of benzene rings is 2. The Labute approximate surface area is 230 Å². The van der Waals surface area contributed by atoms with Crippen LogP contribution in [0.4, 0.5) is 14.7 Å². The predicted octanol–water partition coefficient (Wildman–Crippen LogP) is 3.66. The number of nitrogens with zero attached hydrogens (tertiary/aromatic N) is 4. The maximum atomic E-state index is 14.8. The van der Waals surface area contributed by atoms with Gasteiger partial charge in [0.15, 0.2) is 0 Å². The molecule has 5 rings (SSSR count). The van der Waals surface area contributed by atoms with Gasteiger partial charge in [-0.2, -0.15) is 0 Å². The molecule has 2 atom stereocenters. The van der Waals surface area contributed by atoms with Gasteiger partial charge in [0.1, 0.15) is 24.1 Å². The van der Waals surface area contributed by atoms with E-state index >= 15 is 0 Å². The first-order valence-corrected chi connectivity index (χ1v) is 14.5. The van der Waals surface area contributed by atoms with Crippen LogP contribution >= 0.6 is 0 Å². The molecule has 13 heteroatoms. The molecule has 0 radical (unpaired) electrons. The molecule has 0 spiro atoms. The predicted molar refractivity (Wildman–Crippen MR) is 148 cm³/mol. The van der Waals surface area contributed by atoms with E-state index in [-0.39, 0.29) is 30.5 Å². The van der Waals surface area contributed by atoms with E-state index in [0.717, 1.165) is 5.56 Å². The van der Waals surface area contributed by atoms with Crippen molar-refractivity contribution in [2.24, 2.45) is 5.14 Å². The number of piperidine rings is 1. The van der Waals surface area contributed by atoms with Gasteiger partial charge in [-0.3, -0.25) is 0 Å². The molecule has 2 aromatic heterocycles. The molecule has 10 nitrogen and oxygen atoms in total. The number of ether oxygens (including phenoxy) is 1. The topological polar surface area (TPSA) is 145 Å². The van der Waals surface area contributed by atoms with E-state index in [1.165, 1.54) is 12.4 Å². The largest absolute Gasteiger partial charge is 0.437 e. The number of hydrogen-bond acceptors (Lipinski definition) is 9. The zero-order chi connectivity index (χ0) is 28.3. The molecule has 1 saturated heterocycles. The Hall–Kier alpha value is -3.81. The fourth-order valence-electron chi connectivity index (χ4n) is 4.80. The smallest absolute Gasteiger partial charge is 0.231 e. The van der Waals surface area contributed by atoms with Gasteiger partial charge in [0, 0.05) is 43.3 Å². The van der Waals surface area contributed by atoms with Crippen molar-refractivity contribution in [2.45, 2.75) is 38.4 Å². The SMILES string of the molecule is Cc1ccc2c(CCCS(N)(=O)=O)c(F)ccc2c1Oc1ncncc1-c1ccnc(N[C@@H]2CNC[C@@H](F)C2)n1. The van der Waals surface area contributed by atoms with Crippen molar-refractivity contribution in [1.29, 1.82) is 0 Å². The maximum Gasteiger partial charge on any atom is 0.231 e. The second-order valence-corrected chi connectivity index (χ2v) is 11.5. The lowest BCUT2D eigenvalue weighted by molar-refractivity contribution is 0.254. The number of nitrogens with one attached hydrogen (secondary N) is 2. The number of rotatable bonds is 9. The van der Waals surface area contributed by atoms with Gasteiger partial charge in [0.25, 0.3) is 0 Å². The van der Waals surface area contributed by atoms with Crippen molar-refractivity contribution in [2.75, 3.05) is 24.2 Å². The van der Waals surface area contributed by atoms with Crippen LogP contribution in [0, 0.1) is 12.7 Å². The van der Waals surface area contributed by atoms with E-state index in [4.69, 9.17) is 9.88 Å². The molecule has 0 amide bonds. The lowest BCUT2D eigenvalue weighted by Gasteiger charge is -2.26. The minimum Gasteiger partial charge on any atom is -0.437 e. The summed E-state index contributed by atoms with van der Waals surface area (Å²) < 4.78 is 57.7. The molecule has 0 bridgehead atoms. The van der Waals surface area contributed by atoms with Crippen LogP contribution in [-0.2, 0) is 16.4 Å². The second kappa shape index (κ2) is 11.7. The molecule has 0 unspecified atom stereocenters. The average molecular weight is 570 g/mol. The van der Waals surface area contributed by atoms with Gasteiger partial charge in [-0.1, -0.05) is 12.1 Å². The van der Waals surface area contributed by atoms with Crippen molar-refractivity contribution in [3.8, 4) is 22.9 Å². The Morgan fingerprint density at radius 3 is 2.77 bits per heavy atom. The number of sulfonamides is 1. The number of alkyl halides is 1. The zero-order valence-corrected chi connectivity index (χ0v) is 22.6. The summed E-state index contributed by atoms with van der Waals surface area (Å²) in [6, 6.07) is 8.11. The molecular weight excluding hydrogens is 540 g/mol. The number of hydrogen-bond donors (Lipinski definition) is 3. The van der Waals surface area contributed by atoms with Crippen LogP contribution in [-0.4, -0.2) is 59.4 Å². The number of halogens is 2. The van der Waals surface area contributed by atoms with Crippen molar-refractivity contribution in [3.05, 3.63) is 66.0 Å². The Bertz CT molecular complexity index is 1640. The lowest BCUT2D eigenvalue weighted by Crippen LogP contribution is -2.44. The third kappa shape index (κ3) is 6.49. The average Bonchev–Trinajstić information content (AvgIpc) is 2.91. The molecule has 1 aliphatic rings. The van der Waals surface area contributed by atoms with Crippen LogP contribution < -0.4 is 20.5 Å². The Kier molecular flexibility index (Phi) is 8.14. The number of primary sulfonamides is 1. The molecule has 0 saturated carbocycles. The van der Waals surface area contributed by atoms with E-state index in [1.54, 1.807) is 30.6 Å².